The van der Waals surface area contributed by atoms with Crippen LogP contribution < -0.4 is 4.72 Å². The third-order valence-corrected chi connectivity index (χ3v) is 6.12. The largest absolute Gasteiger partial charge is 0.436 e. The highest BCUT2D eigenvalue weighted by molar-refractivity contribution is 7.92. The van der Waals surface area contributed by atoms with Gasteiger partial charge in [0.25, 0.3) is 10.0 Å². The molecule has 0 saturated heterocycles. The lowest BCUT2D eigenvalue weighted by molar-refractivity contribution is 0.587. The van der Waals surface area contributed by atoms with Crippen molar-refractivity contribution in [3.8, 4) is 22.8 Å². The molecule has 0 aliphatic heterocycles. The van der Waals surface area contributed by atoms with Crippen molar-refractivity contribution in [1.82, 2.24) is 9.97 Å². The summed E-state index contributed by atoms with van der Waals surface area (Å²) in [5.41, 5.74) is 2.44. The maximum atomic E-state index is 12.7. The van der Waals surface area contributed by atoms with Crippen molar-refractivity contribution in [3.05, 3.63) is 84.0 Å². The lowest BCUT2D eigenvalue weighted by Crippen LogP contribution is -2.13. The minimum absolute atomic E-state index is 0.0476. The van der Waals surface area contributed by atoms with Crippen LogP contribution in [-0.2, 0) is 10.0 Å². The van der Waals surface area contributed by atoms with Crippen LogP contribution in [0.1, 0.15) is 0 Å². The molecule has 0 atom stereocenters. The van der Waals surface area contributed by atoms with Crippen molar-refractivity contribution in [2.45, 2.75) is 4.90 Å². The third kappa shape index (κ3) is 3.90. The fourth-order valence-electron chi connectivity index (χ4n) is 3.04. The van der Waals surface area contributed by atoms with Gasteiger partial charge < -0.3 is 8.83 Å². The summed E-state index contributed by atoms with van der Waals surface area (Å²) in [5, 5.41) is 0.479. The van der Waals surface area contributed by atoms with E-state index < -0.39 is 10.0 Å². The van der Waals surface area contributed by atoms with Gasteiger partial charge in [0.05, 0.1) is 11.1 Å². The molecule has 2 aromatic heterocycles. The van der Waals surface area contributed by atoms with Gasteiger partial charge in [-0.2, -0.15) is 4.98 Å². The van der Waals surface area contributed by atoms with E-state index in [9.17, 15) is 8.42 Å². The molecular formula is C22H14ClN3O4S. The Hall–Kier alpha value is -3.62. The summed E-state index contributed by atoms with van der Waals surface area (Å²) in [6.07, 6.45) is 1.64. The van der Waals surface area contributed by atoms with Gasteiger partial charge in [-0.1, -0.05) is 41.9 Å². The van der Waals surface area contributed by atoms with Gasteiger partial charge in [0, 0.05) is 16.1 Å². The maximum Gasteiger partial charge on any atom is 0.309 e. The molecule has 31 heavy (non-hydrogen) atoms. The minimum Gasteiger partial charge on any atom is -0.436 e. The zero-order chi connectivity index (χ0) is 21.4. The first-order chi connectivity index (χ1) is 15.0. The summed E-state index contributed by atoms with van der Waals surface area (Å²) in [6.45, 7) is 0. The van der Waals surface area contributed by atoms with Gasteiger partial charge in [-0.15, -0.1) is 0 Å². The quantitative estimate of drug-likeness (QED) is 0.373. The molecule has 0 unspecified atom stereocenters. The molecule has 0 bridgehead atoms. The minimum atomic E-state index is -3.90. The number of anilines is 1. The molecule has 0 fully saturated rings. The lowest BCUT2D eigenvalue weighted by Gasteiger charge is -2.05. The normalized spacial score (nSPS) is 11.6. The second kappa shape index (κ2) is 7.57. The number of nitrogens with zero attached hydrogens (tertiary/aromatic N) is 2. The van der Waals surface area contributed by atoms with Gasteiger partial charge in [-0.05, 0) is 42.5 Å². The predicted octanol–water partition coefficient (Wildman–Crippen LogP) is 5.60. The first-order valence-electron chi connectivity index (χ1n) is 9.18. The number of oxazole rings is 2. The van der Waals surface area contributed by atoms with Crippen LogP contribution >= 0.6 is 11.6 Å². The fraction of sp³-hybridized carbons (Fsp3) is 0. The molecule has 0 saturated carbocycles. The summed E-state index contributed by atoms with van der Waals surface area (Å²) < 4.78 is 39.0. The Labute approximate surface area is 182 Å². The molecule has 1 N–H and O–H groups in total. The van der Waals surface area contributed by atoms with E-state index in [4.69, 9.17) is 20.4 Å². The molecule has 0 aliphatic rings. The molecule has 5 rings (SSSR count). The van der Waals surface area contributed by atoms with Crippen molar-refractivity contribution in [1.29, 1.82) is 0 Å². The molecule has 0 amide bonds. The highest BCUT2D eigenvalue weighted by Gasteiger charge is 2.19. The number of aromatic nitrogens is 2. The Morgan fingerprint density at radius 2 is 1.65 bits per heavy atom. The second-order valence-electron chi connectivity index (χ2n) is 6.66. The average Bonchev–Trinajstić information content (AvgIpc) is 3.41. The van der Waals surface area contributed by atoms with Crippen LogP contribution in [0.4, 0.5) is 6.01 Å². The first-order valence-corrected chi connectivity index (χ1v) is 11.0. The van der Waals surface area contributed by atoms with E-state index in [1.807, 2.05) is 30.3 Å². The molecule has 3 aromatic carbocycles. The van der Waals surface area contributed by atoms with E-state index in [0.717, 1.165) is 5.56 Å². The van der Waals surface area contributed by atoms with Crippen LogP contribution in [0, 0.1) is 0 Å². The second-order valence-corrected chi connectivity index (χ2v) is 8.78. The van der Waals surface area contributed by atoms with E-state index in [2.05, 4.69) is 14.7 Å². The van der Waals surface area contributed by atoms with Gasteiger partial charge in [-0.25, -0.2) is 18.1 Å². The summed E-state index contributed by atoms with van der Waals surface area (Å²) in [7, 11) is -3.90. The number of fused-ring (bicyclic) bond motifs is 1. The fourth-order valence-corrected chi connectivity index (χ4v) is 4.13. The maximum absolute atomic E-state index is 12.7. The van der Waals surface area contributed by atoms with E-state index in [0.29, 0.717) is 33.3 Å². The molecule has 2 heterocycles. The molecule has 0 spiro atoms. The van der Waals surface area contributed by atoms with Gasteiger partial charge in [0.1, 0.15) is 5.52 Å². The molecule has 5 aromatic rings. The Balaban J connectivity index is 1.38. The highest BCUT2D eigenvalue weighted by Crippen LogP contribution is 2.28. The van der Waals surface area contributed by atoms with Crippen LogP contribution in [0.5, 0.6) is 0 Å². The zero-order valence-electron chi connectivity index (χ0n) is 15.8. The molecule has 7 nitrogen and oxygen atoms in total. The topological polar surface area (TPSA) is 98.2 Å². The Morgan fingerprint density at radius 1 is 0.871 bits per heavy atom. The van der Waals surface area contributed by atoms with Crippen molar-refractivity contribution in [3.63, 3.8) is 0 Å². The van der Waals surface area contributed by atoms with E-state index >= 15 is 0 Å². The van der Waals surface area contributed by atoms with Gasteiger partial charge >= 0.3 is 6.01 Å². The Morgan fingerprint density at radius 3 is 2.42 bits per heavy atom. The molecule has 0 radical (unpaired) electrons. The van der Waals surface area contributed by atoms with Crippen molar-refractivity contribution >= 4 is 38.7 Å². The van der Waals surface area contributed by atoms with Crippen LogP contribution in [0.3, 0.4) is 0 Å². The SMILES string of the molecule is O=S(=O)(Nc1nc2cc(Cl)ccc2o1)c1ccc(-c2ncc(-c3ccccc3)o2)cc1. The van der Waals surface area contributed by atoms with Crippen LogP contribution in [-0.4, -0.2) is 18.4 Å². The van der Waals surface area contributed by atoms with Crippen molar-refractivity contribution in [2.24, 2.45) is 0 Å². The van der Waals surface area contributed by atoms with E-state index in [1.54, 1.807) is 36.5 Å². The summed E-state index contributed by atoms with van der Waals surface area (Å²) >= 11 is 5.93. The van der Waals surface area contributed by atoms with Crippen molar-refractivity contribution < 1.29 is 17.3 Å². The Bertz CT molecular complexity index is 1480. The number of sulfonamides is 1. The number of benzene rings is 3. The summed E-state index contributed by atoms with van der Waals surface area (Å²) in [6, 6.07) is 20.5. The monoisotopic (exact) mass is 451 g/mol. The van der Waals surface area contributed by atoms with Crippen LogP contribution in [0.2, 0.25) is 5.02 Å². The number of hydrogen-bond donors (Lipinski definition) is 1. The smallest absolute Gasteiger partial charge is 0.309 e. The first kappa shape index (κ1) is 19.3. The van der Waals surface area contributed by atoms with Gasteiger partial charge in [0.2, 0.25) is 5.89 Å². The Kier molecular flexibility index (Phi) is 4.72. The molecular weight excluding hydrogens is 438 g/mol. The number of hydrogen-bond acceptors (Lipinski definition) is 6. The zero-order valence-corrected chi connectivity index (χ0v) is 17.4. The van der Waals surface area contributed by atoms with E-state index in [1.165, 1.54) is 12.1 Å². The number of rotatable bonds is 5. The van der Waals surface area contributed by atoms with Crippen molar-refractivity contribution in [2.75, 3.05) is 4.72 Å². The van der Waals surface area contributed by atoms with E-state index in [-0.39, 0.29) is 10.9 Å². The summed E-state index contributed by atoms with van der Waals surface area (Å²) in [4.78, 5) is 8.45. The third-order valence-electron chi connectivity index (χ3n) is 4.55. The standard InChI is InChI=1S/C22H14ClN3O4S/c23-16-8-11-19-18(12-16)25-22(30-19)26-31(27,28)17-9-6-15(7-10-17)21-24-13-20(29-21)14-4-2-1-3-5-14/h1-13H,(H,25,26). The molecule has 154 valence electrons. The predicted molar refractivity (Wildman–Crippen MR) is 117 cm³/mol. The van der Waals surface area contributed by atoms with Crippen LogP contribution in [0.25, 0.3) is 33.9 Å². The van der Waals surface area contributed by atoms with Crippen LogP contribution in [0.15, 0.2) is 92.7 Å². The number of halogens is 1. The lowest BCUT2D eigenvalue weighted by atomic mass is 10.2. The average molecular weight is 452 g/mol. The van der Waals surface area contributed by atoms with Gasteiger partial charge in [-0.3, -0.25) is 0 Å². The molecule has 0 aliphatic carbocycles. The number of nitrogens with one attached hydrogen (secondary N) is 1. The van der Waals surface area contributed by atoms with Gasteiger partial charge in [0.15, 0.2) is 11.3 Å². The highest BCUT2D eigenvalue weighted by atomic mass is 35.5. The molecule has 9 heteroatoms. The summed E-state index contributed by atoms with van der Waals surface area (Å²) in [5.74, 6) is 1.02.